The van der Waals surface area contributed by atoms with Crippen molar-refractivity contribution in [1.29, 1.82) is 0 Å². The van der Waals surface area contributed by atoms with Crippen LogP contribution in [0.4, 0.5) is 0 Å². The second kappa shape index (κ2) is 2.70. The van der Waals surface area contributed by atoms with E-state index in [0.717, 1.165) is 5.56 Å². The Hall–Kier alpha value is -1.61. The number of carbonyl (C=O) groups is 1. The summed E-state index contributed by atoms with van der Waals surface area (Å²) in [5, 5.41) is 10.2. The first-order valence-corrected chi connectivity index (χ1v) is 4.91. The van der Waals surface area contributed by atoms with Crippen molar-refractivity contribution in [3.8, 4) is 5.75 Å². The number of hydrogen-bond acceptors (Lipinski definition) is 3. The molecule has 15 heavy (non-hydrogen) atoms. The Labute approximate surface area is 87.0 Å². The fourth-order valence-corrected chi connectivity index (χ4v) is 2.27. The van der Waals surface area contributed by atoms with Crippen molar-refractivity contribution in [3.63, 3.8) is 0 Å². The van der Waals surface area contributed by atoms with Crippen LogP contribution in [0.2, 0.25) is 0 Å². The normalized spacial score (nSPS) is 32.1. The van der Waals surface area contributed by atoms with Crippen LogP contribution in [-0.4, -0.2) is 16.7 Å². The highest BCUT2D eigenvalue weighted by molar-refractivity contribution is 5.91. The van der Waals surface area contributed by atoms with Crippen LogP contribution in [0.15, 0.2) is 36.4 Å². The molecule has 2 unspecified atom stereocenters. The summed E-state index contributed by atoms with van der Waals surface area (Å²) in [5.74, 6) is -1.41. The summed E-state index contributed by atoms with van der Waals surface area (Å²) in [6, 6.07) is 7.27. The fraction of sp³-hybridized carbons (Fsp3) is 0.250. The van der Waals surface area contributed by atoms with Crippen LogP contribution in [-0.2, 0) is 4.79 Å². The maximum absolute atomic E-state index is 11.8. The van der Waals surface area contributed by atoms with Gasteiger partial charge in [0.2, 0.25) is 5.79 Å². The molecule has 1 heterocycles. The number of ketones is 1. The van der Waals surface area contributed by atoms with E-state index in [-0.39, 0.29) is 5.78 Å². The highest BCUT2D eigenvalue weighted by Gasteiger charge is 2.50. The Morgan fingerprint density at radius 2 is 2.20 bits per heavy atom. The zero-order chi connectivity index (χ0) is 10.5. The number of benzene rings is 1. The third-order valence-electron chi connectivity index (χ3n) is 2.91. The summed E-state index contributed by atoms with van der Waals surface area (Å²) in [4.78, 5) is 11.8. The van der Waals surface area contributed by atoms with E-state index in [2.05, 4.69) is 0 Å². The van der Waals surface area contributed by atoms with Gasteiger partial charge in [-0.15, -0.1) is 0 Å². The molecule has 2 atom stereocenters. The minimum absolute atomic E-state index is 0.00458. The summed E-state index contributed by atoms with van der Waals surface area (Å²) in [6.45, 7) is 0. The molecule has 2 aliphatic rings. The number of Topliss-reactive ketones (excluding diaryl/α,β-unsaturated/α-hetero) is 1. The summed E-state index contributed by atoms with van der Waals surface area (Å²) < 4.78 is 5.42. The molecule has 0 spiro atoms. The summed E-state index contributed by atoms with van der Waals surface area (Å²) >= 11 is 0. The average molecular weight is 202 g/mol. The molecule has 1 aromatic carbocycles. The van der Waals surface area contributed by atoms with Crippen molar-refractivity contribution >= 4 is 5.78 Å². The molecule has 1 aliphatic carbocycles. The zero-order valence-corrected chi connectivity index (χ0v) is 8.01. The lowest BCUT2D eigenvalue weighted by Crippen LogP contribution is -2.41. The lowest BCUT2D eigenvalue weighted by Gasteiger charge is -2.27. The highest BCUT2D eigenvalue weighted by atomic mass is 16.6. The van der Waals surface area contributed by atoms with Gasteiger partial charge in [-0.2, -0.15) is 0 Å². The molecule has 0 bridgehead atoms. The predicted octanol–water partition coefficient (Wildman–Crippen LogP) is 1.38. The Bertz CT molecular complexity index is 464. The molecule has 0 radical (unpaired) electrons. The average Bonchev–Trinajstić information content (AvgIpc) is 2.50. The van der Waals surface area contributed by atoms with E-state index in [1.165, 1.54) is 0 Å². The van der Waals surface area contributed by atoms with E-state index in [4.69, 9.17) is 4.74 Å². The van der Waals surface area contributed by atoms with Crippen molar-refractivity contribution in [1.82, 2.24) is 0 Å². The van der Waals surface area contributed by atoms with Crippen LogP contribution in [0.1, 0.15) is 17.9 Å². The zero-order valence-electron chi connectivity index (χ0n) is 8.01. The summed E-state index contributed by atoms with van der Waals surface area (Å²) in [7, 11) is 0. The SMILES string of the molecule is O=C1CC=CC2(O)Oc3ccccc3C12. The highest BCUT2D eigenvalue weighted by Crippen LogP contribution is 2.46. The Morgan fingerprint density at radius 3 is 3.07 bits per heavy atom. The van der Waals surface area contributed by atoms with Crippen molar-refractivity contribution in [2.24, 2.45) is 0 Å². The summed E-state index contributed by atoms with van der Waals surface area (Å²) in [5.41, 5.74) is 0.786. The van der Waals surface area contributed by atoms with Gasteiger partial charge < -0.3 is 9.84 Å². The maximum Gasteiger partial charge on any atom is 0.242 e. The third kappa shape index (κ3) is 1.07. The third-order valence-corrected chi connectivity index (χ3v) is 2.91. The molecule has 3 nitrogen and oxygen atoms in total. The van der Waals surface area contributed by atoms with Gasteiger partial charge in [-0.05, 0) is 12.1 Å². The molecule has 1 N–H and O–H groups in total. The van der Waals surface area contributed by atoms with Crippen LogP contribution in [0.5, 0.6) is 5.75 Å². The predicted molar refractivity (Wildman–Crippen MR) is 53.5 cm³/mol. The minimum atomic E-state index is -1.46. The smallest absolute Gasteiger partial charge is 0.242 e. The van der Waals surface area contributed by atoms with Crippen LogP contribution in [0.3, 0.4) is 0 Å². The molecule has 1 aliphatic heterocycles. The van der Waals surface area contributed by atoms with E-state index in [0.29, 0.717) is 12.2 Å². The monoisotopic (exact) mass is 202 g/mol. The Morgan fingerprint density at radius 1 is 1.40 bits per heavy atom. The van der Waals surface area contributed by atoms with E-state index >= 15 is 0 Å². The van der Waals surface area contributed by atoms with Gasteiger partial charge >= 0.3 is 0 Å². The lowest BCUT2D eigenvalue weighted by molar-refractivity contribution is -0.139. The molecule has 0 saturated carbocycles. The molecule has 0 saturated heterocycles. The van der Waals surface area contributed by atoms with Gasteiger partial charge in [-0.1, -0.05) is 24.3 Å². The molecular weight excluding hydrogens is 192 g/mol. The van der Waals surface area contributed by atoms with Crippen molar-refractivity contribution < 1.29 is 14.6 Å². The van der Waals surface area contributed by atoms with Crippen molar-refractivity contribution in [2.75, 3.05) is 0 Å². The standard InChI is InChI=1S/C12H10O3/c13-9-5-3-7-12(14)11(9)8-4-1-2-6-10(8)15-12/h1-4,6-7,11,14H,5H2. The van der Waals surface area contributed by atoms with E-state index in [1.54, 1.807) is 18.2 Å². The number of aliphatic hydroxyl groups is 1. The Kier molecular flexibility index (Phi) is 1.56. The maximum atomic E-state index is 11.8. The first kappa shape index (κ1) is 8.68. The van der Waals surface area contributed by atoms with Crippen LogP contribution >= 0.6 is 0 Å². The molecule has 3 heteroatoms. The van der Waals surface area contributed by atoms with Crippen molar-refractivity contribution in [2.45, 2.75) is 18.1 Å². The molecular formula is C12H10O3. The second-order valence-corrected chi connectivity index (χ2v) is 3.90. The quantitative estimate of drug-likeness (QED) is 0.646. The molecule has 3 rings (SSSR count). The minimum Gasteiger partial charge on any atom is -0.457 e. The van der Waals surface area contributed by atoms with Crippen LogP contribution in [0, 0.1) is 0 Å². The summed E-state index contributed by atoms with van der Waals surface area (Å²) in [6.07, 6.45) is 3.59. The van der Waals surface area contributed by atoms with E-state index in [9.17, 15) is 9.90 Å². The number of para-hydroxylation sites is 1. The van der Waals surface area contributed by atoms with Gasteiger partial charge in [0.25, 0.3) is 0 Å². The number of carbonyl (C=O) groups excluding carboxylic acids is 1. The van der Waals surface area contributed by atoms with Gasteiger partial charge in [0.15, 0.2) is 5.78 Å². The fourth-order valence-electron chi connectivity index (χ4n) is 2.27. The first-order valence-electron chi connectivity index (χ1n) is 4.91. The van der Waals surface area contributed by atoms with Gasteiger partial charge in [-0.25, -0.2) is 0 Å². The topological polar surface area (TPSA) is 46.5 Å². The molecule has 0 amide bonds. The molecule has 76 valence electrons. The molecule has 0 fully saturated rings. The largest absolute Gasteiger partial charge is 0.457 e. The number of hydrogen-bond donors (Lipinski definition) is 1. The molecule has 0 aromatic heterocycles. The van der Waals surface area contributed by atoms with E-state index < -0.39 is 11.7 Å². The van der Waals surface area contributed by atoms with Gasteiger partial charge in [0.1, 0.15) is 11.7 Å². The second-order valence-electron chi connectivity index (χ2n) is 3.90. The number of ether oxygens (including phenoxy) is 1. The Balaban J connectivity index is 2.20. The van der Waals surface area contributed by atoms with E-state index in [1.807, 2.05) is 18.2 Å². The van der Waals surface area contributed by atoms with Gasteiger partial charge in [-0.3, -0.25) is 4.79 Å². The molecule has 1 aromatic rings. The van der Waals surface area contributed by atoms with Crippen LogP contribution in [0.25, 0.3) is 0 Å². The van der Waals surface area contributed by atoms with Gasteiger partial charge in [0, 0.05) is 12.0 Å². The lowest BCUT2D eigenvalue weighted by atomic mass is 9.83. The number of allylic oxidation sites excluding steroid dienone is 1. The first-order chi connectivity index (χ1) is 7.21. The van der Waals surface area contributed by atoms with Crippen molar-refractivity contribution in [3.05, 3.63) is 42.0 Å². The number of fused-ring (bicyclic) bond motifs is 3. The number of rotatable bonds is 0. The van der Waals surface area contributed by atoms with Crippen LogP contribution < -0.4 is 4.74 Å². The van der Waals surface area contributed by atoms with Gasteiger partial charge in [0.05, 0.1) is 0 Å².